The molecule has 0 bridgehead atoms. The minimum absolute atomic E-state index is 0.118. The van der Waals surface area contributed by atoms with Gasteiger partial charge in [0.25, 0.3) is 5.91 Å². The van der Waals surface area contributed by atoms with E-state index in [4.69, 9.17) is 17.3 Å². The quantitative estimate of drug-likeness (QED) is 0.389. The number of primary amides is 1. The molecule has 9 nitrogen and oxygen atoms in total. The van der Waals surface area contributed by atoms with Crippen molar-refractivity contribution in [3.63, 3.8) is 0 Å². The highest BCUT2D eigenvalue weighted by Gasteiger charge is 2.40. The number of hydrogen-bond acceptors (Lipinski definition) is 4. The lowest BCUT2D eigenvalue weighted by molar-refractivity contribution is -0.130. The summed E-state index contributed by atoms with van der Waals surface area (Å²) in [5.41, 5.74) is 5.37. The molecular formula is C20H28ClN5O4. The van der Waals surface area contributed by atoms with Crippen LogP contribution < -0.4 is 21.7 Å². The van der Waals surface area contributed by atoms with E-state index in [-0.39, 0.29) is 23.6 Å². The second-order valence-electron chi connectivity index (χ2n) is 8.90. The summed E-state index contributed by atoms with van der Waals surface area (Å²) in [4.78, 5) is 52.2. The largest absolute Gasteiger partial charge is 0.368 e. The molecule has 0 radical (unpaired) electrons. The van der Waals surface area contributed by atoms with Crippen molar-refractivity contribution in [3.05, 3.63) is 23.0 Å². The molecule has 10 heteroatoms. The van der Waals surface area contributed by atoms with Gasteiger partial charge in [-0.15, -0.1) is 0 Å². The topological polar surface area (TPSA) is 146 Å². The van der Waals surface area contributed by atoms with Gasteiger partial charge in [-0.2, -0.15) is 0 Å². The van der Waals surface area contributed by atoms with E-state index in [2.05, 4.69) is 20.9 Å². The number of H-pyrrole nitrogens is 1. The van der Waals surface area contributed by atoms with Gasteiger partial charge < -0.3 is 26.7 Å². The van der Waals surface area contributed by atoms with Crippen LogP contribution in [0.3, 0.4) is 0 Å². The lowest BCUT2D eigenvalue weighted by Crippen LogP contribution is -2.53. The van der Waals surface area contributed by atoms with Gasteiger partial charge in [0.1, 0.15) is 22.9 Å². The molecule has 1 aliphatic heterocycles. The Morgan fingerprint density at radius 3 is 2.40 bits per heavy atom. The predicted molar refractivity (Wildman–Crippen MR) is 110 cm³/mol. The lowest BCUT2D eigenvalue weighted by atomic mass is 9.91. The van der Waals surface area contributed by atoms with Gasteiger partial charge in [-0.05, 0) is 51.2 Å². The number of aromatic nitrogens is 1. The van der Waals surface area contributed by atoms with Gasteiger partial charge in [0.05, 0.1) is 0 Å². The molecule has 6 N–H and O–H groups in total. The highest BCUT2D eigenvalue weighted by molar-refractivity contribution is 6.29. The average molecular weight is 438 g/mol. The Morgan fingerprint density at radius 2 is 1.90 bits per heavy atom. The Kier molecular flexibility index (Phi) is 6.40. The summed E-state index contributed by atoms with van der Waals surface area (Å²) in [6.07, 6.45) is 3.11. The van der Waals surface area contributed by atoms with Crippen LogP contribution in [0.5, 0.6) is 0 Å². The van der Waals surface area contributed by atoms with E-state index in [0.717, 1.165) is 12.8 Å². The van der Waals surface area contributed by atoms with Crippen LogP contribution in [0.1, 0.15) is 56.4 Å². The molecule has 2 aliphatic rings. The van der Waals surface area contributed by atoms with Crippen molar-refractivity contribution < 1.29 is 19.2 Å². The third-order valence-electron chi connectivity index (χ3n) is 5.55. The van der Waals surface area contributed by atoms with Crippen LogP contribution >= 0.6 is 11.6 Å². The summed E-state index contributed by atoms with van der Waals surface area (Å²) in [7, 11) is 0. The molecule has 1 aromatic heterocycles. The number of nitrogens with one attached hydrogen (secondary N) is 4. The van der Waals surface area contributed by atoms with E-state index in [1.165, 1.54) is 6.07 Å². The van der Waals surface area contributed by atoms with E-state index in [1.54, 1.807) is 6.07 Å². The number of nitrogens with two attached hydrogens (primary N) is 1. The van der Waals surface area contributed by atoms with Gasteiger partial charge in [0.2, 0.25) is 17.7 Å². The van der Waals surface area contributed by atoms with Crippen molar-refractivity contribution >= 4 is 35.2 Å². The lowest BCUT2D eigenvalue weighted by Gasteiger charge is -2.23. The minimum atomic E-state index is -0.999. The molecular weight excluding hydrogens is 410 g/mol. The average Bonchev–Trinajstić information content (AvgIpc) is 3.28. The number of halogens is 1. The monoisotopic (exact) mass is 437 g/mol. The fourth-order valence-electron chi connectivity index (χ4n) is 3.84. The second kappa shape index (κ2) is 8.67. The second-order valence-corrected chi connectivity index (χ2v) is 9.31. The molecule has 1 aromatic rings. The van der Waals surface area contributed by atoms with Crippen LogP contribution in [-0.4, -0.2) is 46.2 Å². The molecule has 1 saturated carbocycles. The molecule has 0 spiro atoms. The molecule has 3 atom stereocenters. The standard InChI is InChI=1S/C20H28ClN5O4/c1-20(2)9-11(17(28)26-20)8-13(16(22)27)24-19(30)14(7-10-3-4-10)25-18(29)12-5-6-15(21)23-12/h5-6,10-11,13-14,23H,3-4,7-9H2,1-2H3,(H2,22,27)(H,24,30)(H,25,29)(H,26,28)/t11-,13?,14?/m1/s1. The van der Waals surface area contributed by atoms with Gasteiger partial charge >= 0.3 is 0 Å². The third kappa shape index (κ3) is 5.75. The zero-order valence-electron chi connectivity index (χ0n) is 17.1. The molecule has 2 fully saturated rings. The van der Waals surface area contributed by atoms with Crippen molar-refractivity contribution in [2.24, 2.45) is 17.6 Å². The van der Waals surface area contributed by atoms with E-state index in [1.807, 2.05) is 13.8 Å². The third-order valence-corrected chi connectivity index (χ3v) is 5.77. The number of carbonyl (C=O) groups is 4. The normalized spacial score (nSPS) is 22.1. The van der Waals surface area contributed by atoms with Crippen LogP contribution in [-0.2, 0) is 14.4 Å². The zero-order valence-corrected chi connectivity index (χ0v) is 17.8. The SMILES string of the molecule is CC1(C)C[C@@H](CC(NC(=O)C(CC2CC2)NC(=O)c2ccc(Cl)[nH]2)C(N)=O)C(=O)N1. The van der Waals surface area contributed by atoms with Crippen LogP contribution in [0.4, 0.5) is 0 Å². The Hall–Kier alpha value is -2.55. The maximum absolute atomic E-state index is 12.9. The van der Waals surface area contributed by atoms with Crippen molar-refractivity contribution in [1.82, 2.24) is 20.9 Å². The first-order chi connectivity index (χ1) is 14.0. The number of hydrogen-bond donors (Lipinski definition) is 5. The Bertz CT molecular complexity index is 848. The van der Waals surface area contributed by atoms with E-state index in [9.17, 15) is 19.2 Å². The summed E-state index contributed by atoms with van der Waals surface area (Å²) in [6.45, 7) is 3.80. The molecule has 1 saturated heterocycles. The first-order valence-electron chi connectivity index (χ1n) is 10.1. The highest BCUT2D eigenvalue weighted by Crippen LogP contribution is 2.34. The molecule has 1 aliphatic carbocycles. The fraction of sp³-hybridized carbons (Fsp3) is 0.600. The van der Waals surface area contributed by atoms with E-state index < -0.39 is 35.7 Å². The molecule has 30 heavy (non-hydrogen) atoms. The highest BCUT2D eigenvalue weighted by atomic mass is 35.5. The van der Waals surface area contributed by atoms with E-state index in [0.29, 0.717) is 23.9 Å². The van der Waals surface area contributed by atoms with Crippen molar-refractivity contribution in [2.45, 2.75) is 63.6 Å². The van der Waals surface area contributed by atoms with Crippen molar-refractivity contribution in [1.29, 1.82) is 0 Å². The van der Waals surface area contributed by atoms with Crippen LogP contribution in [0, 0.1) is 11.8 Å². The summed E-state index contributed by atoms with van der Waals surface area (Å²) >= 11 is 5.82. The molecule has 0 aromatic carbocycles. The fourth-order valence-corrected chi connectivity index (χ4v) is 4.01. The van der Waals surface area contributed by atoms with Crippen LogP contribution in [0.25, 0.3) is 0 Å². The smallest absolute Gasteiger partial charge is 0.268 e. The molecule has 3 rings (SSSR count). The number of amides is 4. The molecule has 164 valence electrons. The maximum atomic E-state index is 12.9. The summed E-state index contributed by atoms with van der Waals surface area (Å²) in [5.74, 6) is -1.90. The molecule has 2 heterocycles. The first kappa shape index (κ1) is 22.1. The molecule has 4 amide bonds. The number of aromatic amines is 1. The Labute approximate surface area is 179 Å². The minimum Gasteiger partial charge on any atom is -0.368 e. The zero-order chi connectivity index (χ0) is 22.1. The predicted octanol–water partition coefficient (Wildman–Crippen LogP) is 0.842. The first-order valence-corrected chi connectivity index (χ1v) is 10.5. The maximum Gasteiger partial charge on any atom is 0.268 e. The van der Waals surface area contributed by atoms with Crippen molar-refractivity contribution in [2.75, 3.05) is 0 Å². The Balaban J connectivity index is 1.65. The van der Waals surface area contributed by atoms with Gasteiger partial charge in [0, 0.05) is 11.5 Å². The van der Waals surface area contributed by atoms with Crippen LogP contribution in [0.2, 0.25) is 5.15 Å². The van der Waals surface area contributed by atoms with E-state index >= 15 is 0 Å². The van der Waals surface area contributed by atoms with Gasteiger partial charge in [-0.3, -0.25) is 19.2 Å². The van der Waals surface area contributed by atoms with Crippen molar-refractivity contribution in [3.8, 4) is 0 Å². The summed E-state index contributed by atoms with van der Waals surface area (Å²) in [5, 5.41) is 8.53. The molecule has 2 unspecified atom stereocenters. The number of carbonyl (C=O) groups excluding carboxylic acids is 4. The van der Waals surface area contributed by atoms with Gasteiger partial charge in [-0.1, -0.05) is 24.4 Å². The summed E-state index contributed by atoms with van der Waals surface area (Å²) in [6, 6.07) is 1.25. The van der Waals surface area contributed by atoms with Gasteiger partial charge in [-0.25, -0.2) is 0 Å². The van der Waals surface area contributed by atoms with Crippen LogP contribution in [0.15, 0.2) is 12.1 Å². The number of rotatable bonds is 9. The Morgan fingerprint density at radius 1 is 1.20 bits per heavy atom. The summed E-state index contributed by atoms with van der Waals surface area (Å²) < 4.78 is 0. The van der Waals surface area contributed by atoms with Gasteiger partial charge in [0.15, 0.2) is 0 Å².